The van der Waals surface area contributed by atoms with E-state index < -0.39 is 10.0 Å². The summed E-state index contributed by atoms with van der Waals surface area (Å²) in [4.78, 5) is 14.3. The number of piperidine rings is 1. The highest BCUT2D eigenvalue weighted by molar-refractivity contribution is 7.89. The number of nitrogens with zero attached hydrogens (tertiary/aromatic N) is 2. The van der Waals surface area contributed by atoms with E-state index in [4.69, 9.17) is 9.47 Å². The zero-order valence-electron chi connectivity index (χ0n) is 19.3. The van der Waals surface area contributed by atoms with Gasteiger partial charge < -0.3 is 9.47 Å². The Kier molecular flexibility index (Phi) is 7.36. The van der Waals surface area contributed by atoms with Gasteiger partial charge in [0, 0.05) is 38.3 Å². The van der Waals surface area contributed by atoms with Crippen molar-refractivity contribution in [3.05, 3.63) is 59.7 Å². The second-order valence-corrected chi connectivity index (χ2v) is 10.8. The predicted molar refractivity (Wildman–Crippen MR) is 126 cm³/mol. The van der Waals surface area contributed by atoms with E-state index in [-0.39, 0.29) is 12.0 Å². The van der Waals surface area contributed by atoms with Gasteiger partial charge in [-0.3, -0.25) is 4.90 Å². The third-order valence-corrected chi connectivity index (χ3v) is 8.44. The number of rotatable bonds is 9. The maximum Gasteiger partial charge on any atom is 0.337 e. The Balaban J connectivity index is 1.42. The van der Waals surface area contributed by atoms with Crippen LogP contribution in [0.2, 0.25) is 0 Å². The van der Waals surface area contributed by atoms with Crippen LogP contribution in [0.5, 0.6) is 5.75 Å². The molecule has 0 aromatic heterocycles. The molecule has 0 bridgehead atoms. The Morgan fingerprint density at radius 3 is 2.33 bits per heavy atom. The zero-order chi connectivity index (χ0) is 23.4. The quantitative estimate of drug-likeness (QED) is 0.520. The first-order valence-electron chi connectivity index (χ1n) is 11.5. The normalized spacial score (nSPS) is 17.8. The fourth-order valence-electron chi connectivity index (χ4n) is 4.38. The molecular formula is C25H32N2O5S. The lowest BCUT2D eigenvalue weighted by molar-refractivity contribution is 0.0600. The van der Waals surface area contributed by atoms with Gasteiger partial charge in [0.2, 0.25) is 10.0 Å². The van der Waals surface area contributed by atoms with Crippen LogP contribution in [-0.2, 0) is 21.3 Å². The van der Waals surface area contributed by atoms with Gasteiger partial charge >= 0.3 is 5.97 Å². The average Bonchev–Trinajstić information content (AvgIpc) is 3.67. The van der Waals surface area contributed by atoms with Crippen molar-refractivity contribution < 1.29 is 22.7 Å². The lowest BCUT2D eigenvalue weighted by atomic mass is 10.0. The summed E-state index contributed by atoms with van der Waals surface area (Å²) in [6.07, 6.45) is 3.81. The Bertz CT molecular complexity index is 1060. The van der Waals surface area contributed by atoms with Gasteiger partial charge in [0.1, 0.15) is 5.75 Å². The van der Waals surface area contributed by atoms with Crippen LogP contribution in [0.15, 0.2) is 53.4 Å². The van der Waals surface area contributed by atoms with E-state index >= 15 is 0 Å². The summed E-state index contributed by atoms with van der Waals surface area (Å²) >= 11 is 0. The molecule has 2 aromatic carbocycles. The molecule has 178 valence electrons. The van der Waals surface area contributed by atoms with Crippen LogP contribution >= 0.6 is 0 Å². The summed E-state index contributed by atoms with van der Waals surface area (Å²) in [7, 11) is -0.665. The molecule has 0 unspecified atom stereocenters. The molecule has 8 heteroatoms. The van der Waals surface area contributed by atoms with E-state index in [1.54, 1.807) is 47.8 Å². The number of hydrogen-bond donors (Lipinski definition) is 0. The van der Waals surface area contributed by atoms with E-state index in [2.05, 4.69) is 4.90 Å². The van der Waals surface area contributed by atoms with Crippen LogP contribution < -0.4 is 4.74 Å². The fraction of sp³-hybridized carbons (Fsp3) is 0.480. The minimum Gasteiger partial charge on any atom is -0.497 e. The number of likely N-dealkylation sites (tertiary alicyclic amines) is 1. The molecule has 2 fully saturated rings. The summed E-state index contributed by atoms with van der Waals surface area (Å²) in [5.41, 5.74) is 1.67. The summed E-state index contributed by atoms with van der Waals surface area (Å²) in [6.45, 7) is 3.04. The molecule has 2 aromatic rings. The summed E-state index contributed by atoms with van der Waals surface area (Å²) in [6, 6.07) is 14.2. The number of esters is 1. The monoisotopic (exact) mass is 472 g/mol. The highest BCUT2D eigenvalue weighted by Gasteiger charge is 2.37. The number of methoxy groups -OCH3 is 2. The van der Waals surface area contributed by atoms with Gasteiger partial charge in [0.25, 0.3) is 0 Å². The van der Waals surface area contributed by atoms with Crippen LogP contribution in [-0.4, -0.2) is 63.5 Å². The Hall–Kier alpha value is -2.42. The maximum absolute atomic E-state index is 13.6. The smallest absolute Gasteiger partial charge is 0.337 e. The number of sulfonamides is 1. The van der Waals surface area contributed by atoms with Crippen LogP contribution in [0.4, 0.5) is 0 Å². The number of benzene rings is 2. The van der Waals surface area contributed by atoms with Gasteiger partial charge in [-0.1, -0.05) is 18.2 Å². The standard InChI is InChI=1S/C25H32N2O5S/c1-31-23-4-3-5-24(16-23)33(29,30)27(18-20-6-7-20)22-12-14-26(15-13-22)17-19-8-10-21(11-9-19)25(28)32-2/h3-5,8-11,16,20,22H,6-7,12-15,17-18H2,1-2H3. The molecule has 0 atom stereocenters. The molecule has 0 N–H and O–H groups in total. The SMILES string of the molecule is COC(=O)c1ccc(CN2CCC(N(CC3CC3)S(=O)(=O)c3cccc(OC)c3)CC2)cc1. The molecule has 1 heterocycles. The fourth-order valence-corrected chi connectivity index (χ4v) is 6.18. The lowest BCUT2D eigenvalue weighted by Gasteiger charge is -2.38. The van der Waals surface area contributed by atoms with Crippen molar-refractivity contribution in [1.82, 2.24) is 9.21 Å². The van der Waals surface area contributed by atoms with Crippen molar-refractivity contribution in [2.45, 2.75) is 43.2 Å². The second-order valence-electron chi connectivity index (χ2n) is 8.89. The first kappa shape index (κ1) is 23.7. The minimum absolute atomic E-state index is 0.000230. The Morgan fingerprint density at radius 1 is 1.03 bits per heavy atom. The molecule has 0 spiro atoms. The minimum atomic E-state index is -3.59. The lowest BCUT2D eigenvalue weighted by Crippen LogP contribution is -2.47. The van der Waals surface area contributed by atoms with Gasteiger partial charge in [0.05, 0.1) is 24.7 Å². The largest absolute Gasteiger partial charge is 0.497 e. The molecule has 33 heavy (non-hydrogen) atoms. The molecule has 0 radical (unpaired) electrons. The van der Waals surface area contributed by atoms with Crippen LogP contribution in [0.25, 0.3) is 0 Å². The topological polar surface area (TPSA) is 76.2 Å². The number of hydrogen-bond acceptors (Lipinski definition) is 6. The van der Waals surface area contributed by atoms with Gasteiger partial charge in [-0.2, -0.15) is 4.31 Å². The van der Waals surface area contributed by atoms with Gasteiger partial charge in [-0.25, -0.2) is 13.2 Å². The zero-order valence-corrected chi connectivity index (χ0v) is 20.1. The molecule has 4 rings (SSSR count). The van der Waals surface area contributed by atoms with Crippen molar-refractivity contribution in [2.24, 2.45) is 5.92 Å². The van der Waals surface area contributed by atoms with Crippen LogP contribution in [0.1, 0.15) is 41.6 Å². The third-order valence-electron chi connectivity index (χ3n) is 6.53. The molecule has 0 amide bonds. The molecule has 7 nitrogen and oxygen atoms in total. The van der Waals surface area contributed by atoms with Crippen molar-refractivity contribution in [3.63, 3.8) is 0 Å². The van der Waals surface area contributed by atoms with Crippen molar-refractivity contribution in [3.8, 4) is 5.75 Å². The van der Waals surface area contributed by atoms with Gasteiger partial charge in [0.15, 0.2) is 0 Å². The highest BCUT2D eigenvalue weighted by atomic mass is 32.2. The first-order valence-corrected chi connectivity index (χ1v) is 12.9. The van der Waals surface area contributed by atoms with E-state index in [0.29, 0.717) is 28.7 Å². The second kappa shape index (κ2) is 10.2. The van der Waals surface area contributed by atoms with E-state index in [0.717, 1.165) is 50.9 Å². The molecular weight excluding hydrogens is 440 g/mol. The molecule has 1 aliphatic heterocycles. The Labute approximate surface area is 196 Å². The molecule has 1 saturated carbocycles. The molecule has 1 aliphatic carbocycles. The van der Waals surface area contributed by atoms with E-state index in [1.165, 1.54) is 7.11 Å². The number of carbonyl (C=O) groups excluding carboxylic acids is 1. The molecule has 1 saturated heterocycles. The van der Waals surface area contributed by atoms with Crippen molar-refractivity contribution >= 4 is 16.0 Å². The summed E-state index contributed by atoms with van der Waals surface area (Å²) in [5.74, 6) is 0.683. The first-order chi connectivity index (χ1) is 15.9. The van der Waals surface area contributed by atoms with Gasteiger partial charge in [-0.05, 0) is 61.4 Å². The van der Waals surface area contributed by atoms with E-state index in [1.807, 2.05) is 12.1 Å². The van der Waals surface area contributed by atoms with Crippen LogP contribution in [0, 0.1) is 5.92 Å². The Morgan fingerprint density at radius 2 is 1.73 bits per heavy atom. The third kappa shape index (κ3) is 5.75. The average molecular weight is 473 g/mol. The van der Waals surface area contributed by atoms with Crippen molar-refractivity contribution in [1.29, 1.82) is 0 Å². The number of ether oxygens (including phenoxy) is 2. The number of carbonyl (C=O) groups is 1. The van der Waals surface area contributed by atoms with Gasteiger partial charge in [-0.15, -0.1) is 0 Å². The van der Waals surface area contributed by atoms with Crippen molar-refractivity contribution in [2.75, 3.05) is 33.9 Å². The summed E-state index contributed by atoms with van der Waals surface area (Å²) in [5, 5.41) is 0. The summed E-state index contributed by atoms with van der Waals surface area (Å²) < 4.78 is 38.9. The maximum atomic E-state index is 13.6. The predicted octanol–water partition coefficient (Wildman–Crippen LogP) is 3.55. The van der Waals surface area contributed by atoms with E-state index in [9.17, 15) is 13.2 Å². The highest BCUT2D eigenvalue weighted by Crippen LogP contribution is 2.35. The molecule has 2 aliphatic rings. The van der Waals surface area contributed by atoms with Crippen LogP contribution in [0.3, 0.4) is 0 Å².